The van der Waals surface area contributed by atoms with Gasteiger partial charge in [-0.1, -0.05) is 33.6 Å². The predicted octanol–water partition coefficient (Wildman–Crippen LogP) is 3.41. The van der Waals surface area contributed by atoms with Crippen LogP contribution in [0, 0.1) is 0 Å². The number of rotatable bonds is 4. The monoisotopic (exact) mass is 287 g/mol. The summed E-state index contributed by atoms with van der Waals surface area (Å²) in [5.41, 5.74) is 0.482. The topological polar surface area (TPSA) is 29.1 Å². The van der Waals surface area contributed by atoms with Gasteiger partial charge in [0, 0.05) is 11.0 Å². The highest BCUT2D eigenvalue weighted by atomic mass is 79.9. The normalized spacial score (nSPS) is 9.73. The minimum absolute atomic E-state index is 0.164. The first-order valence-electron chi connectivity index (χ1n) is 4.49. The second-order valence-electron chi connectivity index (χ2n) is 2.96. The Hall–Kier alpha value is -0.800. The van der Waals surface area contributed by atoms with E-state index in [1.54, 1.807) is 24.3 Å². The molecule has 0 heterocycles. The van der Waals surface area contributed by atoms with Crippen molar-refractivity contribution in [3.8, 4) is 0 Å². The minimum atomic E-state index is -0.164. The van der Waals surface area contributed by atoms with Gasteiger partial charge in [-0.3, -0.25) is 4.79 Å². The molecule has 0 aromatic heterocycles. The van der Waals surface area contributed by atoms with Gasteiger partial charge in [-0.2, -0.15) is 0 Å². The van der Waals surface area contributed by atoms with Gasteiger partial charge < -0.3 is 5.32 Å². The van der Waals surface area contributed by atoms with Gasteiger partial charge in [0.05, 0.1) is 10.6 Å². The van der Waals surface area contributed by atoms with E-state index >= 15 is 0 Å². The van der Waals surface area contributed by atoms with Gasteiger partial charge in [0.2, 0.25) is 0 Å². The molecule has 0 saturated heterocycles. The van der Waals surface area contributed by atoms with Gasteiger partial charge in [-0.05, 0) is 24.6 Å². The lowest BCUT2D eigenvalue weighted by atomic mass is 10.2. The van der Waals surface area contributed by atoms with E-state index in [1.165, 1.54) is 0 Å². The average Bonchev–Trinajstić information content (AvgIpc) is 2.22. The lowest BCUT2D eigenvalue weighted by Gasteiger charge is -2.05. The third-order valence-corrected chi connectivity index (χ3v) is 2.63. The Kier molecular flexibility index (Phi) is 4.85. The molecule has 0 unspecified atom stereocenters. The molecule has 15 heavy (non-hydrogen) atoms. The zero-order chi connectivity index (χ0) is 11.3. The summed E-state index contributed by atoms with van der Waals surface area (Å²) in [7, 11) is 0. The Bertz CT molecular complexity index is 379. The van der Waals surface area contributed by atoms with Crippen LogP contribution in [-0.2, 0) is 0 Å². The van der Waals surface area contributed by atoms with Crippen molar-refractivity contribution in [3.63, 3.8) is 0 Å². The molecule has 0 aliphatic carbocycles. The molecule has 0 atom stereocenters. The molecular formula is C11H11BrClNO. The van der Waals surface area contributed by atoms with E-state index in [9.17, 15) is 4.79 Å². The van der Waals surface area contributed by atoms with Crippen LogP contribution in [0.25, 0.3) is 0 Å². The van der Waals surface area contributed by atoms with Crippen LogP contribution in [0.15, 0.2) is 35.3 Å². The lowest BCUT2D eigenvalue weighted by Crippen LogP contribution is -2.24. The summed E-state index contributed by atoms with van der Waals surface area (Å²) in [6, 6.07) is 5.18. The molecule has 0 fully saturated rings. The second-order valence-corrected chi connectivity index (χ2v) is 4.28. The summed E-state index contributed by atoms with van der Waals surface area (Å²) >= 11 is 9.19. The molecule has 1 aromatic rings. The summed E-state index contributed by atoms with van der Waals surface area (Å²) in [4.78, 5) is 11.6. The lowest BCUT2D eigenvalue weighted by molar-refractivity contribution is 0.0954. The number of amides is 1. The van der Waals surface area contributed by atoms with Crippen molar-refractivity contribution in [2.45, 2.75) is 6.42 Å². The summed E-state index contributed by atoms with van der Waals surface area (Å²) in [6.45, 7) is 4.15. The molecular weight excluding hydrogens is 277 g/mol. The quantitative estimate of drug-likeness (QED) is 0.667. The van der Waals surface area contributed by atoms with Crippen molar-refractivity contribution in [2.75, 3.05) is 6.54 Å². The van der Waals surface area contributed by atoms with Crippen LogP contribution in [0.3, 0.4) is 0 Å². The zero-order valence-electron chi connectivity index (χ0n) is 8.09. The molecule has 0 spiro atoms. The van der Waals surface area contributed by atoms with Crippen molar-refractivity contribution in [1.82, 2.24) is 5.32 Å². The summed E-state index contributed by atoms with van der Waals surface area (Å²) in [5, 5.41) is 3.21. The molecule has 4 heteroatoms. The maximum Gasteiger partial charge on any atom is 0.252 e. The summed E-state index contributed by atoms with van der Waals surface area (Å²) in [6.07, 6.45) is 2.50. The summed E-state index contributed by atoms with van der Waals surface area (Å²) < 4.78 is 0.834. The Balaban J connectivity index is 2.72. The molecule has 2 nitrogen and oxygen atoms in total. The van der Waals surface area contributed by atoms with Crippen LogP contribution in [0.5, 0.6) is 0 Å². The highest BCUT2D eigenvalue weighted by molar-refractivity contribution is 9.10. The molecule has 0 saturated carbocycles. The van der Waals surface area contributed by atoms with E-state index in [1.807, 2.05) is 0 Å². The molecule has 0 aliphatic rings. The average molecular weight is 289 g/mol. The SMILES string of the molecule is C=CCCNC(=O)c1cc(Br)ccc1Cl. The van der Waals surface area contributed by atoms with Crippen LogP contribution in [0.2, 0.25) is 5.02 Å². The first-order valence-corrected chi connectivity index (χ1v) is 5.66. The molecule has 1 N–H and O–H groups in total. The highest BCUT2D eigenvalue weighted by Crippen LogP contribution is 2.20. The molecule has 80 valence electrons. The van der Waals surface area contributed by atoms with Crippen LogP contribution in [0.4, 0.5) is 0 Å². The van der Waals surface area contributed by atoms with E-state index in [0.29, 0.717) is 17.1 Å². The molecule has 1 amide bonds. The van der Waals surface area contributed by atoms with Crippen molar-refractivity contribution in [2.24, 2.45) is 0 Å². The fourth-order valence-electron chi connectivity index (χ4n) is 1.05. The van der Waals surface area contributed by atoms with Gasteiger partial charge >= 0.3 is 0 Å². The zero-order valence-corrected chi connectivity index (χ0v) is 10.4. The van der Waals surface area contributed by atoms with Crippen LogP contribution < -0.4 is 5.32 Å². The van der Waals surface area contributed by atoms with Crippen molar-refractivity contribution in [1.29, 1.82) is 0 Å². The van der Waals surface area contributed by atoms with Gasteiger partial charge in [0.1, 0.15) is 0 Å². The first kappa shape index (κ1) is 12.3. The second kappa shape index (κ2) is 5.93. The van der Waals surface area contributed by atoms with Crippen LogP contribution in [-0.4, -0.2) is 12.5 Å². The van der Waals surface area contributed by atoms with Gasteiger partial charge in [-0.15, -0.1) is 6.58 Å². The Morgan fingerprint density at radius 3 is 3.00 bits per heavy atom. The maximum absolute atomic E-state index is 11.6. The number of benzene rings is 1. The smallest absolute Gasteiger partial charge is 0.252 e. The van der Waals surface area contributed by atoms with E-state index in [4.69, 9.17) is 11.6 Å². The predicted molar refractivity (Wildman–Crippen MR) is 66.3 cm³/mol. The molecule has 1 rings (SSSR count). The van der Waals surface area contributed by atoms with Gasteiger partial charge in [0.15, 0.2) is 0 Å². The van der Waals surface area contributed by atoms with E-state index in [0.717, 1.165) is 10.9 Å². The van der Waals surface area contributed by atoms with Crippen molar-refractivity contribution < 1.29 is 4.79 Å². The van der Waals surface area contributed by atoms with Crippen molar-refractivity contribution >= 4 is 33.4 Å². The van der Waals surface area contributed by atoms with Gasteiger partial charge in [0.25, 0.3) is 5.91 Å². The highest BCUT2D eigenvalue weighted by Gasteiger charge is 2.09. The first-order chi connectivity index (χ1) is 7.15. The number of carbonyl (C=O) groups excluding carboxylic acids is 1. The fraction of sp³-hybridized carbons (Fsp3) is 0.182. The van der Waals surface area contributed by atoms with E-state index in [2.05, 4.69) is 27.8 Å². The Morgan fingerprint density at radius 1 is 1.60 bits per heavy atom. The van der Waals surface area contributed by atoms with Gasteiger partial charge in [-0.25, -0.2) is 0 Å². The number of halogens is 2. The maximum atomic E-state index is 11.6. The third kappa shape index (κ3) is 3.68. The Labute approximate surface area is 102 Å². The van der Waals surface area contributed by atoms with Crippen molar-refractivity contribution in [3.05, 3.63) is 45.9 Å². The number of hydrogen-bond donors (Lipinski definition) is 1. The largest absolute Gasteiger partial charge is 0.352 e. The molecule has 0 radical (unpaired) electrons. The molecule has 1 aromatic carbocycles. The fourth-order valence-corrected chi connectivity index (χ4v) is 1.62. The standard InChI is InChI=1S/C11H11BrClNO/c1-2-3-6-14-11(15)9-7-8(12)4-5-10(9)13/h2,4-5,7H,1,3,6H2,(H,14,15). The summed E-state index contributed by atoms with van der Waals surface area (Å²) in [5.74, 6) is -0.164. The third-order valence-electron chi connectivity index (χ3n) is 1.81. The molecule has 0 bridgehead atoms. The van der Waals surface area contributed by atoms with E-state index in [-0.39, 0.29) is 5.91 Å². The van der Waals surface area contributed by atoms with Crippen LogP contribution in [0.1, 0.15) is 16.8 Å². The number of hydrogen-bond acceptors (Lipinski definition) is 1. The Morgan fingerprint density at radius 2 is 2.33 bits per heavy atom. The van der Waals surface area contributed by atoms with Crippen LogP contribution >= 0.6 is 27.5 Å². The minimum Gasteiger partial charge on any atom is -0.352 e. The number of nitrogens with one attached hydrogen (secondary N) is 1. The molecule has 0 aliphatic heterocycles. The van der Waals surface area contributed by atoms with E-state index < -0.39 is 0 Å². The number of carbonyl (C=O) groups is 1.